The zero-order valence-corrected chi connectivity index (χ0v) is 21.1. The Bertz CT molecular complexity index is 1200. The quantitative estimate of drug-likeness (QED) is 0.352. The van der Waals surface area contributed by atoms with Gasteiger partial charge in [0.1, 0.15) is 5.57 Å². The van der Waals surface area contributed by atoms with Crippen LogP contribution in [0.5, 0.6) is 0 Å². The number of halogens is 1. The molecule has 33 heavy (non-hydrogen) atoms. The van der Waals surface area contributed by atoms with Gasteiger partial charge in [0.25, 0.3) is 11.8 Å². The van der Waals surface area contributed by atoms with Crippen LogP contribution < -0.4 is 15.1 Å². The van der Waals surface area contributed by atoms with Crippen molar-refractivity contribution in [1.82, 2.24) is 5.32 Å². The van der Waals surface area contributed by atoms with E-state index in [9.17, 15) is 9.59 Å². The van der Waals surface area contributed by atoms with Crippen molar-refractivity contribution in [3.63, 3.8) is 0 Å². The smallest absolute Gasteiger partial charge is 0.270 e. The zero-order chi connectivity index (χ0) is 24.1. The number of carbonyl (C=O) groups excluding carboxylic acids is 2. The number of fused-ring (bicyclic) bond motifs is 1. The van der Waals surface area contributed by atoms with Gasteiger partial charge >= 0.3 is 0 Å². The molecule has 7 heteroatoms. The van der Waals surface area contributed by atoms with E-state index in [4.69, 9.17) is 23.8 Å². The second-order valence-electron chi connectivity index (χ2n) is 9.34. The standard InChI is InChI=1S/C26H28ClN3O2S/c1-6-29-22-13-20(27)17(11-18(22)16(3)14-26(29,4)5)12-19-23(31)28-25(33)30(24(19)32)21-10-8-7-9-15(21)2/h7-13,16H,6,14H2,1-5H3,(H,28,31,33)/b19-12-. The maximum atomic E-state index is 13.4. The molecule has 0 spiro atoms. The van der Waals surface area contributed by atoms with Gasteiger partial charge in [-0.2, -0.15) is 0 Å². The number of rotatable bonds is 3. The third-order valence-corrected chi connectivity index (χ3v) is 7.19. The molecule has 2 heterocycles. The van der Waals surface area contributed by atoms with Gasteiger partial charge in [0, 0.05) is 22.8 Å². The minimum atomic E-state index is -0.520. The van der Waals surface area contributed by atoms with Crippen molar-refractivity contribution in [3.05, 3.63) is 63.7 Å². The van der Waals surface area contributed by atoms with E-state index in [0.29, 0.717) is 22.2 Å². The van der Waals surface area contributed by atoms with E-state index in [1.54, 1.807) is 6.08 Å². The predicted molar refractivity (Wildman–Crippen MR) is 139 cm³/mol. The second kappa shape index (κ2) is 8.58. The van der Waals surface area contributed by atoms with E-state index in [-0.39, 0.29) is 16.2 Å². The number of carbonyl (C=O) groups is 2. The molecule has 2 aromatic carbocycles. The van der Waals surface area contributed by atoms with Crippen LogP contribution in [0.2, 0.25) is 5.02 Å². The van der Waals surface area contributed by atoms with E-state index >= 15 is 0 Å². The van der Waals surface area contributed by atoms with Crippen molar-refractivity contribution in [1.29, 1.82) is 0 Å². The van der Waals surface area contributed by atoms with Crippen LogP contribution in [0.1, 0.15) is 56.7 Å². The molecular formula is C26H28ClN3O2S. The number of thiocarbonyl (C=S) groups is 1. The predicted octanol–water partition coefficient (Wildman–Crippen LogP) is 5.59. The zero-order valence-electron chi connectivity index (χ0n) is 19.5. The lowest BCUT2D eigenvalue weighted by Crippen LogP contribution is -2.54. The summed E-state index contributed by atoms with van der Waals surface area (Å²) in [7, 11) is 0. The number of amides is 2. The van der Waals surface area contributed by atoms with E-state index in [0.717, 1.165) is 24.2 Å². The molecule has 0 saturated carbocycles. The van der Waals surface area contributed by atoms with Crippen LogP contribution in [0, 0.1) is 6.92 Å². The molecule has 1 atom stereocenters. The molecule has 172 valence electrons. The van der Waals surface area contributed by atoms with Crippen LogP contribution >= 0.6 is 23.8 Å². The van der Waals surface area contributed by atoms with Crippen LogP contribution in [0.15, 0.2) is 42.0 Å². The number of hydrogen-bond donors (Lipinski definition) is 1. The first-order valence-corrected chi connectivity index (χ1v) is 11.9. The fraction of sp³-hybridized carbons (Fsp3) is 0.346. The highest BCUT2D eigenvalue weighted by Crippen LogP contribution is 2.45. The molecular weight excluding hydrogens is 454 g/mol. The van der Waals surface area contributed by atoms with Crippen LogP contribution in [0.4, 0.5) is 11.4 Å². The lowest BCUT2D eigenvalue weighted by molar-refractivity contribution is -0.122. The monoisotopic (exact) mass is 481 g/mol. The molecule has 0 radical (unpaired) electrons. The van der Waals surface area contributed by atoms with Gasteiger partial charge in [0.15, 0.2) is 5.11 Å². The number of nitrogens with zero attached hydrogens (tertiary/aromatic N) is 2. The highest BCUT2D eigenvalue weighted by atomic mass is 35.5. The molecule has 0 bridgehead atoms. The van der Waals surface area contributed by atoms with Gasteiger partial charge in [0.05, 0.1) is 5.69 Å². The van der Waals surface area contributed by atoms with Gasteiger partial charge in [-0.05, 0) is 93.2 Å². The maximum absolute atomic E-state index is 13.4. The van der Waals surface area contributed by atoms with Gasteiger partial charge in [0.2, 0.25) is 0 Å². The Kier molecular flexibility index (Phi) is 6.10. The summed E-state index contributed by atoms with van der Waals surface area (Å²) in [6.45, 7) is 11.6. The van der Waals surface area contributed by atoms with E-state index in [1.165, 1.54) is 10.5 Å². The normalized spacial score (nSPS) is 21.3. The number of para-hydroxylation sites is 1. The molecule has 5 nitrogen and oxygen atoms in total. The number of benzene rings is 2. The largest absolute Gasteiger partial charge is 0.366 e. The Labute approximate surface area is 205 Å². The third-order valence-electron chi connectivity index (χ3n) is 6.58. The summed E-state index contributed by atoms with van der Waals surface area (Å²) in [6.07, 6.45) is 2.58. The summed E-state index contributed by atoms with van der Waals surface area (Å²) in [5.74, 6) is -0.664. The number of nitrogens with one attached hydrogen (secondary N) is 1. The van der Waals surface area contributed by atoms with Crippen LogP contribution in [-0.2, 0) is 9.59 Å². The van der Waals surface area contributed by atoms with E-state index < -0.39 is 11.8 Å². The van der Waals surface area contributed by atoms with Crippen LogP contribution in [0.3, 0.4) is 0 Å². The van der Waals surface area contributed by atoms with Crippen LogP contribution in [-0.4, -0.2) is 29.0 Å². The molecule has 0 aliphatic carbocycles. The van der Waals surface area contributed by atoms with Crippen molar-refractivity contribution >= 4 is 58.2 Å². The maximum Gasteiger partial charge on any atom is 0.270 e. The Hall–Kier alpha value is -2.70. The average molecular weight is 482 g/mol. The average Bonchev–Trinajstić information content (AvgIpc) is 2.72. The van der Waals surface area contributed by atoms with Gasteiger partial charge in [-0.3, -0.25) is 19.8 Å². The summed E-state index contributed by atoms with van der Waals surface area (Å²) < 4.78 is 0. The molecule has 2 aliphatic rings. The molecule has 2 aromatic rings. The van der Waals surface area contributed by atoms with Crippen molar-refractivity contribution in [2.24, 2.45) is 0 Å². The topological polar surface area (TPSA) is 52.7 Å². The highest BCUT2D eigenvalue weighted by Gasteiger charge is 2.37. The molecule has 2 aliphatic heterocycles. The van der Waals surface area contributed by atoms with Gasteiger partial charge in [-0.25, -0.2) is 0 Å². The Morgan fingerprint density at radius 3 is 2.58 bits per heavy atom. The van der Waals surface area contributed by atoms with E-state index in [1.807, 2.05) is 43.3 Å². The highest BCUT2D eigenvalue weighted by molar-refractivity contribution is 7.80. The summed E-state index contributed by atoms with van der Waals surface area (Å²) in [5, 5.41) is 3.22. The van der Waals surface area contributed by atoms with E-state index in [2.05, 4.69) is 37.9 Å². The third kappa shape index (κ3) is 4.06. The number of anilines is 2. The van der Waals surface area contributed by atoms with Crippen molar-refractivity contribution < 1.29 is 9.59 Å². The van der Waals surface area contributed by atoms with Gasteiger partial charge in [-0.1, -0.05) is 36.7 Å². The summed E-state index contributed by atoms with van der Waals surface area (Å²) in [4.78, 5) is 29.9. The Balaban J connectivity index is 1.79. The SMILES string of the molecule is CCN1c2cc(Cl)c(/C=C3/C(=O)NC(=S)N(c4ccccc4C)C3=O)cc2C(C)CC1(C)C. The molecule has 1 saturated heterocycles. The summed E-state index contributed by atoms with van der Waals surface area (Å²) in [6, 6.07) is 11.4. The lowest BCUT2D eigenvalue weighted by Gasteiger charge is -2.47. The van der Waals surface area contributed by atoms with Gasteiger partial charge < -0.3 is 4.90 Å². The molecule has 1 unspecified atom stereocenters. The second-order valence-corrected chi connectivity index (χ2v) is 10.1. The molecule has 1 fully saturated rings. The Morgan fingerprint density at radius 2 is 1.91 bits per heavy atom. The fourth-order valence-corrected chi connectivity index (χ4v) is 5.56. The number of aryl methyl sites for hydroxylation is 1. The minimum Gasteiger partial charge on any atom is -0.366 e. The first-order valence-electron chi connectivity index (χ1n) is 11.1. The molecule has 4 rings (SSSR count). The number of hydrogen-bond acceptors (Lipinski definition) is 4. The lowest BCUT2D eigenvalue weighted by atomic mass is 9.79. The summed E-state index contributed by atoms with van der Waals surface area (Å²) in [5.41, 5.74) is 4.47. The fourth-order valence-electron chi connectivity index (χ4n) is 5.08. The molecule has 2 amide bonds. The van der Waals surface area contributed by atoms with Gasteiger partial charge in [-0.15, -0.1) is 0 Å². The van der Waals surface area contributed by atoms with Crippen molar-refractivity contribution in [2.75, 3.05) is 16.3 Å². The van der Waals surface area contributed by atoms with Crippen molar-refractivity contribution in [2.45, 2.75) is 52.5 Å². The Morgan fingerprint density at radius 1 is 1.21 bits per heavy atom. The first kappa shape index (κ1) is 23.5. The first-order chi connectivity index (χ1) is 15.5. The molecule has 1 N–H and O–H groups in total. The van der Waals surface area contributed by atoms with Crippen LogP contribution in [0.25, 0.3) is 6.08 Å². The minimum absolute atomic E-state index is 0.00448. The molecule has 0 aromatic heterocycles. The summed E-state index contributed by atoms with van der Waals surface area (Å²) >= 11 is 12.0. The van der Waals surface area contributed by atoms with Crippen molar-refractivity contribution in [3.8, 4) is 0 Å².